The van der Waals surface area contributed by atoms with Crippen molar-refractivity contribution in [2.24, 2.45) is 0 Å². The Balaban J connectivity index is 1.50. The molecule has 0 atom stereocenters. The van der Waals surface area contributed by atoms with Gasteiger partial charge in [0.05, 0.1) is 9.82 Å². The van der Waals surface area contributed by atoms with Gasteiger partial charge in [0.25, 0.3) is 11.6 Å². The van der Waals surface area contributed by atoms with Gasteiger partial charge >= 0.3 is 0 Å². The second-order valence-electron chi connectivity index (χ2n) is 6.75. The molecule has 0 saturated carbocycles. The van der Waals surface area contributed by atoms with Crippen LogP contribution in [0.5, 0.6) is 5.75 Å². The lowest BCUT2D eigenvalue weighted by atomic mass is 10.2. The summed E-state index contributed by atoms with van der Waals surface area (Å²) in [6.45, 7) is -0.0769. The smallest absolute Gasteiger partial charge is 0.271 e. The number of amides is 1. The Kier molecular flexibility index (Phi) is 7.53. The van der Waals surface area contributed by atoms with Gasteiger partial charge in [-0.15, -0.1) is 0 Å². The molecule has 10 heteroatoms. The second-order valence-corrected chi connectivity index (χ2v) is 8.52. The normalized spacial score (nSPS) is 11.0. The van der Waals surface area contributed by atoms with Gasteiger partial charge < -0.3 is 10.1 Å². The summed E-state index contributed by atoms with van der Waals surface area (Å²) in [4.78, 5) is 22.3. The fourth-order valence-electron chi connectivity index (χ4n) is 2.82. The van der Waals surface area contributed by atoms with Gasteiger partial charge in [0.2, 0.25) is 10.0 Å². The van der Waals surface area contributed by atoms with E-state index in [4.69, 9.17) is 4.74 Å². The molecule has 0 saturated heterocycles. The van der Waals surface area contributed by atoms with Crippen molar-refractivity contribution in [3.63, 3.8) is 0 Å². The zero-order valence-corrected chi connectivity index (χ0v) is 17.7. The minimum absolute atomic E-state index is 0.0824. The SMILES string of the molecule is O=C(COc1ccc(S(=O)(=O)NCCc2ccccc2)cc1)Nc1cccc([N+](=O)[O-])c1. The summed E-state index contributed by atoms with van der Waals surface area (Å²) in [5.41, 5.74) is 1.16. The molecule has 0 fully saturated rings. The molecule has 3 rings (SSSR count). The maximum atomic E-state index is 12.4. The van der Waals surface area contributed by atoms with Crippen LogP contribution in [0.2, 0.25) is 0 Å². The molecule has 2 N–H and O–H groups in total. The zero-order chi connectivity index (χ0) is 23.0. The predicted octanol–water partition coefficient (Wildman–Crippen LogP) is 3.13. The van der Waals surface area contributed by atoms with Gasteiger partial charge in [-0.05, 0) is 42.3 Å². The van der Waals surface area contributed by atoms with Crippen LogP contribution in [0.3, 0.4) is 0 Å². The van der Waals surface area contributed by atoms with Crippen LogP contribution in [0.4, 0.5) is 11.4 Å². The van der Waals surface area contributed by atoms with Crippen molar-refractivity contribution in [1.82, 2.24) is 4.72 Å². The van der Waals surface area contributed by atoms with E-state index in [1.54, 1.807) is 0 Å². The molecule has 9 nitrogen and oxygen atoms in total. The Morgan fingerprint density at radius 2 is 1.69 bits per heavy atom. The quantitative estimate of drug-likeness (QED) is 0.357. The molecule has 3 aromatic carbocycles. The predicted molar refractivity (Wildman–Crippen MR) is 119 cm³/mol. The van der Waals surface area contributed by atoms with Crippen molar-refractivity contribution in [2.45, 2.75) is 11.3 Å². The number of non-ortho nitro benzene ring substituents is 1. The van der Waals surface area contributed by atoms with Crippen molar-refractivity contribution < 1.29 is 22.9 Å². The average molecular weight is 455 g/mol. The van der Waals surface area contributed by atoms with Gasteiger partial charge in [-0.3, -0.25) is 14.9 Å². The average Bonchev–Trinajstić information content (AvgIpc) is 2.79. The molecule has 0 aliphatic heterocycles. The fourth-order valence-corrected chi connectivity index (χ4v) is 3.85. The third kappa shape index (κ3) is 6.62. The van der Waals surface area contributed by atoms with E-state index >= 15 is 0 Å². The van der Waals surface area contributed by atoms with E-state index in [9.17, 15) is 23.3 Å². The highest BCUT2D eigenvalue weighted by atomic mass is 32.2. The minimum atomic E-state index is -3.67. The molecule has 0 heterocycles. The van der Waals surface area contributed by atoms with E-state index in [2.05, 4.69) is 10.0 Å². The van der Waals surface area contributed by atoms with Crippen LogP contribution in [0.15, 0.2) is 83.8 Å². The second kappa shape index (κ2) is 10.5. The third-order valence-electron chi connectivity index (χ3n) is 4.39. The lowest BCUT2D eigenvalue weighted by Crippen LogP contribution is -2.26. The van der Waals surface area contributed by atoms with Crippen LogP contribution < -0.4 is 14.8 Å². The molecule has 0 aliphatic rings. The number of anilines is 1. The summed E-state index contributed by atoms with van der Waals surface area (Å²) in [6, 6.07) is 20.8. The number of hydrogen-bond donors (Lipinski definition) is 2. The Morgan fingerprint density at radius 1 is 0.969 bits per heavy atom. The Labute approximate surface area is 185 Å². The Hall–Kier alpha value is -3.76. The van der Waals surface area contributed by atoms with Gasteiger partial charge in [-0.2, -0.15) is 0 Å². The van der Waals surface area contributed by atoms with Gasteiger partial charge in [0.15, 0.2) is 6.61 Å². The van der Waals surface area contributed by atoms with Gasteiger partial charge in [0, 0.05) is 24.4 Å². The first kappa shape index (κ1) is 22.9. The minimum Gasteiger partial charge on any atom is -0.484 e. The van der Waals surface area contributed by atoms with Crippen LogP contribution >= 0.6 is 0 Å². The number of nitro benzene ring substituents is 1. The summed E-state index contributed by atoms with van der Waals surface area (Å²) in [5.74, 6) is -0.202. The van der Waals surface area contributed by atoms with Gasteiger partial charge in [-0.1, -0.05) is 36.4 Å². The number of rotatable bonds is 10. The maximum absolute atomic E-state index is 12.4. The number of carbonyl (C=O) groups excluding carboxylic acids is 1. The molecule has 0 bridgehead atoms. The first-order valence-electron chi connectivity index (χ1n) is 9.64. The number of carbonyl (C=O) groups is 1. The Bertz CT molecular complexity index is 1180. The van der Waals surface area contributed by atoms with Crippen molar-refractivity contribution in [3.05, 3.63) is 94.5 Å². The topological polar surface area (TPSA) is 128 Å². The highest BCUT2D eigenvalue weighted by Crippen LogP contribution is 2.18. The molecule has 0 aromatic heterocycles. The molecule has 0 unspecified atom stereocenters. The molecule has 3 aromatic rings. The number of nitrogens with one attached hydrogen (secondary N) is 2. The summed E-state index contributed by atoms with van der Waals surface area (Å²) >= 11 is 0. The number of sulfonamides is 1. The van der Waals surface area contributed by atoms with Crippen LogP contribution in [0.1, 0.15) is 5.56 Å². The number of nitrogens with zero attached hydrogens (tertiary/aromatic N) is 1. The lowest BCUT2D eigenvalue weighted by molar-refractivity contribution is -0.384. The monoisotopic (exact) mass is 455 g/mol. The number of hydrogen-bond acceptors (Lipinski definition) is 6. The van der Waals surface area contributed by atoms with E-state index < -0.39 is 20.9 Å². The van der Waals surface area contributed by atoms with E-state index in [0.29, 0.717) is 12.2 Å². The fraction of sp³-hybridized carbons (Fsp3) is 0.136. The van der Waals surface area contributed by atoms with Crippen molar-refractivity contribution in [3.8, 4) is 5.75 Å². The molecule has 0 radical (unpaired) electrons. The summed E-state index contributed by atoms with van der Waals surface area (Å²) in [7, 11) is -3.67. The zero-order valence-electron chi connectivity index (χ0n) is 16.9. The molecule has 166 valence electrons. The molecule has 1 amide bonds. The first-order valence-corrected chi connectivity index (χ1v) is 11.1. The highest BCUT2D eigenvalue weighted by Gasteiger charge is 2.14. The molecule has 0 spiro atoms. The van der Waals surface area contributed by atoms with Crippen molar-refractivity contribution in [1.29, 1.82) is 0 Å². The van der Waals surface area contributed by atoms with Crippen LogP contribution in [0, 0.1) is 10.1 Å². The molecule has 0 aliphatic carbocycles. The maximum Gasteiger partial charge on any atom is 0.271 e. The van der Waals surface area contributed by atoms with E-state index in [1.807, 2.05) is 30.3 Å². The standard InChI is InChI=1S/C22H21N3O6S/c26-22(24-18-7-4-8-19(15-18)25(27)28)16-31-20-9-11-21(12-10-20)32(29,30)23-14-13-17-5-2-1-3-6-17/h1-12,15,23H,13-14,16H2,(H,24,26). The Morgan fingerprint density at radius 3 is 2.38 bits per heavy atom. The van der Waals surface area contributed by atoms with Crippen LogP contribution in [-0.4, -0.2) is 32.4 Å². The number of ether oxygens (including phenoxy) is 1. The lowest BCUT2D eigenvalue weighted by Gasteiger charge is -2.09. The highest BCUT2D eigenvalue weighted by molar-refractivity contribution is 7.89. The third-order valence-corrected chi connectivity index (χ3v) is 5.87. The summed E-state index contributed by atoms with van der Waals surface area (Å²) in [5, 5.41) is 13.3. The molecule has 32 heavy (non-hydrogen) atoms. The molecular formula is C22H21N3O6S. The van der Waals surface area contributed by atoms with Crippen LogP contribution in [0.25, 0.3) is 0 Å². The largest absolute Gasteiger partial charge is 0.484 e. The number of nitro groups is 1. The number of benzene rings is 3. The van der Waals surface area contributed by atoms with E-state index in [0.717, 1.165) is 5.56 Å². The van der Waals surface area contributed by atoms with Crippen molar-refractivity contribution in [2.75, 3.05) is 18.5 Å². The molecular weight excluding hydrogens is 434 g/mol. The summed E-state index contributed by atoms with van der Waals surface area (Å²) < 4.78 is 32.7. The van der Waals surface area contributed by atoms with E-state index in [1.165, 1.54) is 48.5 Å². The first-order chi connectivity index (χ1) is 15.3. The van der Waals surface area contributed by atoms with Gasteiger partial charge in [0.1, 0.15) is 5.75 Å². The van der Waals surface area contributed by atoms with Crippen molar-refractivity contribution >= 4 is 27.3 Å². The summed E-state index contributed by atoms with van der Waals surface area (Å²) in [6.07, 6.45) is 0.570. The van der Waals surface area contributed by atoms with Crippen LogP contribution in [-0.2, 0) is 21.2 Å². The van der Waals surface area contributed by atoms with E-state index in [-0.39, 0.29) is 29.4 Å². The van der Waals surface area contributed by atoms with Gasteiger partial charge in [-0.25, -0.2) is 13.1 Å².